The van der Waals surface area contributed by atoms with E-state index < -0.39 is 4.92 Å². The molecule has 0 N–H and O–H groups in total. The molecule has 114 valence electrons. The first-order valence-electron chi connectivity index (χ1n) is 6.44. The molecule has 0 aliphatic carbocycles. The van der Waals surface area contributed by atoms with E-state index in [1.807, 2.05) is 12.1 Å². The van der Waals surface area contributed by atoms with E-state index in [0.29, 0.717) is 16.3 Å². The quantitative estimate of drug-likeness (QED) is 0.337. The van der Waals surface area contributed by atoms with Crippen molar-refractivity contribution in [1.29, 1.82) is 0 Å². The lowest BCUT2D eigenvalue weighted by atomic mass is 10.2. The number of benzene rings is 2. The van der Waals surface area contributed by atoms with Gasteiger partial charge in [0.2, 0.25) is 0 Å². The minimum atomic E-state index is -0.463. The van der Waals surface area contributed by atoms with Gasteiger partial charge in [0.05, 0.1) is 16.2 Å². The Morgan fingerprint density at radius 2 is 2.00 bits per heavy atom. The van der Waals surface area contributed by atoms with Crippen LogP contribution in [0.25, 0.3) is 0 Å². The average molecular weight is 321 g/mol. The third kappa shape index (κ3) is 4.75. The highest BCUT2D eigenvalue weighted by molar-refractivity contribution is 6.32. The fourth-order valence-corrected chi connectivity index (χ4v) is 1.81. The second kappa shape index (κ2) is 7.99. The van der Waals surface area contributed by atoms with Gasteiger partial charge in [-0.3, -0.25) is 10.1 Å². The van der Waals surface area contributed by atoms with E-state index in [1.54, 1.807) is 24.3 Å². The Morgan fingerprint density at radius 3 is 2.77 bits per heavy atom. The number of hydrogen-bond donors (Lipinski definition) is 0. The number of hydrogen-bond acceptors (Lipinski definition) is 5. The van der Waals surface area contributed by atoms with E-state index in [2.05, 4.69) is 5.16 Å². The first kappa shape index (κ1) is 15.8. The molecule has 0 atom stereocenters. The summed E-state index contributed by atoms with van der Waals surface area (Å²) in [5, 5.41) is 14.9. The molecule has 0 aromatic heterocycles. The van der Waals surface area contributed by atoms with Gasteiger partial charge >= 0.3 is 0 Å². The van der Waals surface area contributed by atoms with Gasteiger partial charge in [-0.05, 0) is 12.1 Å². The molecule has 0 aliphatic heterocycles. The number of nitro groups is 1. The van der Waals surface area contributed by atoms with Gasteiger partial charge < -0.3 is 9.57 Å². The standard InChI is InChI=1S/C15H13ClN2O4/c16-14-6-1-2-7-15(14)21-8-9-22-17-11-12-4-3-5-13(10-12)18(19)20/h1-7,10-11H,8-9H2/b17-11-. The summed E-state index contributed by atoms with van der Waals surface area (Å²) in [6, 6.07) is 13.2. The van der Waals surface area contributed by atoms with Crippen LogP contribution in [0.1, 0.15) is 5.56 Å². The van der Waals surface area contributed by atoms with Gasteiger partial charge in [0.15, 0.2) is 6.61 Å². The zero-order valence-electron chi connectivity index (χ0n) is 11.5. The van der Waals surface area contributed by atoms with Crippen LogP contribution in [0.4, 0.5) is 5.69 Å². The minimum Gasteiger partial charge on any atom is -0.488 e. The van der Waals surface area contributed by atoms with Crippen molar-refractivity contribution >= 4 is 23.5 Å². The molecule has 22 heavy (non-hydrogen) atoms. The van der Waals surface area contributed by atoms with Gasteiger partial charge in [0, 0.05) is 17.7 Å². The summed E-state index contributed by atoms with van der Waals surface area (Å²) in [6.45, 7) is 0.520. The normalized spacial score (nSPS) is 10.6. The Kier molecular flexibility index (Phi) is 5.73. The van der Waals surface area contributed by atoms with Crippen LogP contribution in [-0.2, 0) is 4.84 Å². The van der Waals surface area contributed by atoms with E-state index in [0.717, 1.165) is 0 Å². The van der Waals surface area contributed by atoms with Crippen molar-refractivity contribution in [2.45, 2.75) is 0 Å². The second-order valence-corrected chi connectivity index (χ2v) is 4.61. The molecule has 0 spiro atoms. The lowest BCUT2D eigenvalue weighted by Gasteiger charge is -2.06. The van der Waals surface area contributed by atoms with Gasteiger partial charge in [0.25, 0.3) is 5.69 Å². The smallest absolute Gasteiger partial charge is 0.270 e. The van der Waals surface area contributed by atoms with Gasteiger partial charge in [-0.1, -0.05) is 41.0 Å². The van der Waals surface area contributed by atoms with Crippen molar-refractivity contribution in [1.82, 2.24) is 0 Å². The van der Waals surface area contributed by atoms with Crippen LogP contribution >= 0.6 is 11.6 Å². The molecule has 0 fully saturated rings. The van der Waals surface area contributed by atoms with Crippen LogP contribution in [-0.4, -0.2) is 24.4 Å². The van der Waals surface area contributed by atoms with Gasteiger partial charge in [-0.2, -0.15) is 0 Å². The molecule has 0 amide bonds. The van der Waals surface area contributed by atoms with Gasteiger partial charge in [-0.15, -0.1) is 0 Å². The molecular weight excluding hydrogens is 308 g/mol. The lowest BCUT2D eigenvalue weighted by Crippen LogP contribution is -2.04. The topological polar surface area (TPSA) is 74.0 Å². The summed E-state index contributed by atoms with van der Waals surface area (Å²) in [4.78, 5) is 15.2. The highest BCUT2D eigenvalue weighted by Gasteiger charge is 2.04. The van der Waals surface area contributed by atoms with Crippen molar-refractivity contribution in [3.8, 4) is 5.75 Å². The van der Waals surface area contributed by atoms with E-state index >= 15 is 0 Å². The summed E-state index contributed by atoms with van der Waals surface area (Å²) in [5.41, 5.74) is 0.590. The SMILES string of the molecule is O=[N+]([O-])c1cccc(/C=N\OCCOc2ccccc2Cl)c1. The first-order chi connectivity index (χ1) is 10.7. The second-order valence-electron chi connectivity index (χ2n) is 4.20. The minimum absolute atomic E-state index is 0.00556. The summed E-state index contributed by atoms with van der Waals surface area (Å²) >= 11 is 5.93. The summed E-state index contributed by atoms with van der Waals surface area (Å²) < 4.78 is 5.42. The molecule has 0 saturated carbocycles. The number of nitro benzene ring substituents is 1. The number of ether oxygens (including phenoxy) is 1. The van der Waals surface area contributed by atoms with Crippen LogP contribution in [0.15, 0.2) is 53.7 Å². The van der Waals surface area contributed by atoms with Crippen LogP contribution in [0.3, 0.4) is 0 Å². The van der Waals surface area contributed by atoms with Gasteiger partial charge in [-0.25, -0.2) is 0 Å². The molecule has 0 bridgehead atoms. The van der Waals surface area contributed by atoms with Crippen LogP contribution in [0, 0.1) is 10.1 Å². The monoisotopic (exact) mass is 320 g/mol. The fraction of sp³-hybridized carbons (Fsp3) is 0.133. The van der Waals surface area contributed by atoms with Crippen molar-refractivity contribution in [2.75, 3.05) is 13.2 Å². The molecule has 0 radical (unpaired) electrons. The highest BCUT2D eigenvalue weighted by atomic mass is 35.5. The van der Waals surface area contributed by atoms with Crippen LogP contribution < -0.4 is 4.74 Å². The van der Waals surface area contributed by atoms with E-state index in [9.17, 15) is 10.1 Å². The number of nitrogens with zero attached hydrogens (tertiary/aromatic N) is 2. The molecule has 0 saturated heterocycles. The highest BCUT2D eigenvalue weighted by Crippen LogP contribution is 2.22. The molecule has 0 heterocycles. The maximum atomic E-state index is 10.6. The van der Waals surface area contributed by atoms with Gasteiger partial charge in [0.1, 0.15) is 12.4 Å². The van der Waals surface area contributed by atoms with Crippen LogP contribution in [0.5, 0.6) is 5.75 Å². The van der Waals surface area contributed by atoms with E-state index in [1.165, 1.54) is 18.3 Å². The molecule has 7 heteroatoms. The Labute approximate surface area is 132 Å². The summed E-state index contributed by atoms with van der Waals surface area (Å²) in [5.74, 6) is 0.579. The van der Waals surface area contributed by atoms with Crippen molar-refractivity contribution < 1.29 is 14.5 Å². The largest absolute Gasteiger partial charge is 0.488 e. The average Bonchev–Trinajstić information content (AvgIpc) is 2.52. The Morgan fingerprint density at radius 1 is 1.18 bits per heavy atom. The lowest BCUT2D eigenvalue weighted by molar-refractivity contribution is -0.384. The Bertz CT molecular complexity index is 676. The molecule has 6 nitrogen and oxygen atoms in total. The van der Waals surface area contributed by atoms with E-state index in [-0.39, 0.29) is 18.9 Å². The summed E-state index contributed by atoms with van der Waals surface area (Å²) in [6.07, 6.45) is 1.41. The zero-order chi connectivity index (χ0) is 15.8. The predicted molar refractivity (Wildman–Crippen MR) is 83.6 cm³/mol. The predicted octanol–water partition coefficient (Wildman–Crippen LogP) is 3.68. The number of halogens is 1. The molecule has 0 unspecified atom stereocenters. The maximum absolute atomic E-state index is 10.6. The van der Waals surface area contributed by atoms with Crippen molar-refractivity contribution in [3.05, 3.63) is 69.2 Å². The molecule has 2 aromatic carbocycles. The van der Waals surface area contributed by atoms with Crippen LogP contribution in [0.2, 0.25) is 5.02 Å². The molecule has 2 rings (SSSR count). The molecule has 2 aromatic rings. The Balaban J connectivity index is 1.76. The van der Waals surface area contributed by atoms with Crippen molar-refractivity contribution in [2.24, 2.45) is 5.16 Å². The Hall–Kier alpha value is -2.60. The number of rotatable bonds is 7. The number of non-ortho nitro benzene ring substituents is 1. The molecule has 0 aliphatic rings. The van der Waals surface area contributed by atoms with Crippen molar-refractivity contribution in [3.63, 3.8) is 0 Å². The number of para-hydroxylation sites is 1. The van der Waals surface area contributed by atoms with E-state index in [4.69, 9.17) is 21.2 Å². The third-order valence-electron chi connectivity index (χ3n) is 2.63. The fourth-order valence-electron chi connectivity index (χ4n) is 1.62. The maximum Gasteiger partial charge on any atom is 0.270 e. The zero-order valence-corrected chi connectivity index (χ0v) is 12.3. The first-order valence-corrected chi connectivity index (χ1v) is 6.82. The summed E-state index contributed by atoms with van der Waals surface area (Å²) in [7, 11) is 0. The third-order valence-corrected chi connectivity index (χ3v) is 2.94. The molecular formula is C15H13ClN2O4. The number of oxime groups is 1.